The fraction of sp³-hybridized carbons (Fsp3) is 0.423. The van der Waals surface area contributed by atoms with Gasteiger partial charge in [-0.15, -0.1) is 0 Å². The number of carbonyl (C=O) groups excluding carboxylic acids is 1. The molecule has 2 aliphatic rings. The summed E-state index contributed by atoms with van der Waals surface area (Å²) >= 11 is 0. The highest BCUT2D eigenvalue weighted by Gasteiger charge is 2.48. The summed E-state index contributed by atoms with van der Waals surface area (Å²) in [6.07, 6.45) is 2.42. The summed E-state index contributed by atoms with van der Waals surface area (Å²) in [4.78, 5) is 14.8. The van der Waals surface area contributed by atoms with Crippen molar-refractivity contribution in [3.63, 3.8) is 0 Å². The molecule has 1 fully saturated rings. The third-order valence-corrected chi connectivity index (χ3v) is 8.14. The van der Waals surface area contributed by atoms with Gasteiger partial charge in [0.05, 0.1) is 5.41 Å². The van der Waals surface area contributed by atoms with E-state index in [1.165, 1.54) is 6.07 Å². The van der Waals surface area contributed by atoms with Crippen LogP contribution in [-0.4, -0.2) is 51.2 Å². The zero-order valence-electron chi connectivity index (χ0n) is 20.1. The van der Waals surface area contributed by atoms with Crippen molar-refractivity contribution in [3.05, 3.63) is 59.4 Å². The van der Waals surface area contributed by atoms with Crippen molar-refractivity contribution in [1.82, 2.24) is 4.90 Å². The number of piperidine rings is 1. The van der Waals surface area contributed by atoms with Crippen LogP contribution in [0.15, 0.2) is 41.8 Å². The Hall–Kier alpha value is -2.71. The Morgan fingerprint density at radius 2 is 1.94 bits per heavy atom. The van der Waals surface area contributed by atoms with E-state index in [-0.39, 0.29) is 28.2 Å². The van der Waals surface area contributed by atoms with Crippen molar-refractivity contribution in [2.24, 2.45) is 0 Å². The molecule has 1 atom stereocenters. The average molecular weight is 487 g/mol. The summed E-state index contributed by atoms with van der Waals surface area (Å²) in [5.41, 5.74) is 3.33. The number of carbonyl (C=O) groups is 1. The molecule has 0 bridgehead atoms. The molecule has 0 unspecified atom stereocenters. The van der Waals surface area contributed by atoms with Gasteiger partial charge in [-0.2, -0.15) is 0 Å². The Balaban J connectivity index is 1.44. The zero-order valence-corrected chi connectivity index (χ0v) is 20.9. The Morgan fingerprint density at radius 1 is 1.26 bits per heavy atom. The minimum Gasteiger partial charge on any atom is -0.492 e. The first kappa shape index (κ1) is 24.4. The number of nitrogens with zero attached hydrogens (tertiary/aromatic N) is 1. The lowest BCUT2D eigenvalue weighted by Gasteiger charge is -2.40. The topological polar surface area (TPSA) is 75.7 Å². The van der Waals surface area contributed by atoms with E-state index in [2.05, 4.69) is 22.9 Å². The van der Waals surface area contributed by atoms with E-state index in [9.17, 15) is 17.6 Å². The molecule has 4 rings (SSSR count). The van der Waals surface area contributed by atoms with Crippen LogP contribution in [0.2, 0.25) is 0 Å². The smallest absolute Gasteiger partial charge is 0.235 e. The molecule has 0 aliphatic carbocycles. The number of rotatable bonds is 6. The number of amides is 1. The van der Waals surface area contributed by atoms with Gasteiger partial charge in [0.2, 0.25) is 5.91 Å². The number of hydrogen-bond donors (Lipinski definition) is 1. The molecule has 2 aromatic rings. The Kier molecular flexibility index (Phi) is 6.33. The lowest BCUT2D eigenvalue weighted by atomic mass is 9.73. The van der Waals surface area contributed by atoms with Crippen molar-refractivity contribution >= 4 is 27.0 Å². The van der Waals surface area contributed by atoms with E-state index < -0.39 is 21.1 Å². The van der Waals surface area contributed by atoms with Crippen LogP contribution >= 0.6 is 0 Å². The highest BCUT2D eigenvalue weighted by atomic mass is 32.2. The first-order valence-corrected chi connectivity index (χ1v) is 13.3. The average Bonchev–Trinajstić information content (AvgIpc) is 3.02. The van der Waals surface area contributed by atoms with Crippen LogP contribution in [-0.2, 0) is 20.0 Å². The number of benzene rings is 2. The van der Waals surface area contributed by atoms with Gasteiger partial charge in [0.25, 0.3) is 0 Å². The molecule has 2 aromatic carbocycles. The number of anilines is 1. The fourth-order valence-corrected chi connectivity index (χ4v) is 6.08. The van der Waals surface area contributed by atoms with E-state index in [1.54, 1.807) is 6.92 Å². The van der Waals surface area contributed by atoms with Crippen LogP contribution in [0.4, 0.5) is 10.1 Å². The molecule has 34 heavy (non-hydrogen) atoms. The molecule has 0 radical (unpaired) electrons. The highest BCUT2D eigenvalue weighted by Crippen LogP contribution is 2.45. The fourth-order valence-electron chi connectivity index (χ4n) is 5.04. The molecule has 2 aliphatic heterocycles. The van der Waals surface area contributed by atoms with Gasteiger partial charge in [-0.25, -0.2) is 12.8 Å². The molecule has 6 nitrogen and oxygen atoms in total. The van der Waals surface area contributed by atoms with Crippen LogP contribution in [0.25, 0.3) is 5.57 Å². The summed E-state index contributed by atoms with van der Waals surface area (Å²) in [6.45, 7) is 11.3. The van der Waals surface area contributed by atoms with Gasteiger partial charge in [-0.3, -0.25) is 9.69 Å². The molecule has 0 saturated carbocycles. The molecule has 2 heterocycles. The number of ether oxygens (including phenoxy) is 1. The van der Waals surface area contributed by atoms with Crippen molar-refractivity contribution < 1.29 is 22.3 Å². The number of allylic oxidation sites excluding steroid dienone is 1. The lowest BCUT2D eigenvalue weighted by molar-refractivity contribution is -0.122. The first-order valence-electron chi connectivity index (χ1n) is 11.4. The molecule has 182 valence electrons. The van der Waals surface area contributed by atoms with Gasteiger partial charge >= 0.3 is 0 Å². The third-order valence-electron chi connectivity index (χ3n) is 6.99. The number of halogens is 1. The predicted molar refractivity (Wildman–Crippen MR) is 131 cm³/mol. The first-order chi connectivity index (χ1) is 15.9. The van der Waals surface area contributed by atoms with Crippen LogP contribution < -0.4 is 10.1 Å². The van der Waals surface area contributed by atoms with Crippen molar-refractivity contribution in [2.45, 2.75) is 50.0 Å². The number of aryl methyl sites for hydroxylation is 1. The van der Waals surface area contributed by atoms with Crippen LogP contribution in [0, 0.1) is 12.7 Å². The summed E-state index contributed by atoms with van der Waals surface area (Å²) in [6, 6.07) is 8.78. The molecule has 1 N–H and O–H groups in total. The highest BCUT2D eigenvalue weighted by molar-refractivity contribution is 7.90. The molecule has 1 amide bonds. The Labute approximate surface area is 200 Å². The van der Waals surface area contributed by atoms with E-state index in [4.69, 9.17) is 4.74 Å². The molecule has 0 aromatic heterocycles. The largest absolute Gasteiger partial charge is 0.492 e. The van der Waals surface area contributed by atoms with Crippen molar-refractivity contribution in [2.75, 3.05) is 31.3 Å². The number of hydrogen-bond acceptors (Lipinski definition) is 5. The van der Waals surface area contributed by atoms with E-state index in [0.29, 0.717) is 12.2 Å². The zero-order chi connectivity index (χ0) is 24.8. The monoisotopic (exact) mass is 486 g/mol. The van der Waals surface area contributed by atoms with Crippen LogP contribution in [0.3, 0.4) is 0 Å². The summed E-state index contributed by atoms with van der Waals surface area (Å²) < 4.78 is 44.6. The van der Waals surface area contributed by atoms with Gasteiger partial charge in [0.15, 0.2) is 9.84 Å². The second kappa shape index (κ2) is 8.82. The van der Waals surface area contributed by atoms with Crippen LogP contribution in [0.1, 0.15) is 43.4 Å². The third kappa shape index (κ3) is 4.36. The lowest BCUT2D eigenvalue weighted by Crippen LogP contribution is -2.50. The summed E-state index contributed by atoms with van der Waals surface area (Å²) in [5.74, 6) is -0.500. The number of fused-ring (bicyclic) bond motifs is 2. The standard InChI is InChI=1S/C26H31FN2O4S/c1-16(2)20-13-19(14-22(27)24(20)34(5,31)32)33-15-18(4)29-10-8-26(9-11-29)21-12-17(3)6-7-23(21)28-25(26)30/h6-7,12-14,18H,1,8-11,15H2,2-5H3,(H,28,30)/t18-/m0/s1. The number of sulfone groups is 1. The molecule has 8 heteroatoms. The molecule has 1 spiro atoms. The second-order valence-electron chi connectivity index (χ2n) is 9.62. The van der Waals surface area contributed by atoms with Crippen molar-refractivity contribution in [3.8, 4) is 5.75 Å². The Morgan fingerprint density at radius 3 is 2.56 bits per heavy atom. The Bertz CT molecular complexity index is 1260. The molecular weight excluding hydrogens is 455 g/mol. The summed E-state index contributed by atoms with van der Waals surface area (Å²) in [5, 5.41) is 3.04. The maximum atomic E-state index is 14.7. The molecule has 1 saturated heterocycles. The second-order valence-corrected chi connectivity index (χ2v) is 11.6. The SMILES string of the molecule is C=C(C)c1cc(OC[C@H](C)N2CCC3(CC2)C(=O)Nc2ccc(C)cc23)cc(F)c1S(C)(=O)=O. The number of nitrogens with one attached hydrogen (secondary N) is 1. The van der Waals surface area contributed by atoms with Gasteiger partial charge in [0.1, 0.15) is 23.1 Å². The molecular formula is C26H31FN2O4S. The quantitative estimate of drug-likeness (QED) is 0.658. The maximum Gasteiger partial charge on any atom is 0.235 e. The van der Waals surface area contributed by atoms with Crippen LogP contribution in [0.5, 0.6) is 5.75 Å². The van der Waals surface area contributed by atoms with Gasteiger partial charge in [-0.1, -0.05) is 24.3 Å². The van der Waals surface area contributed by atoms with Gasteiger partial charge < -0.3 is 10.1 Å². The van der Waals surface area contributed by atoms with Crippen molar-refractivity contribution in [1.29, 1.82) is 0 Å². The van der Waals surface area contributed by atoms with Gasteiger partial charge in [-0.05, 0) is 70.0 Å². The van der Waals surface area contributed by atoms with E-state index in [0.717, 1.165) is 55.1 Å². The predicted octanol–water partition coefficient (Wildman–Crippen LogP) is 4.32. The normalized spacial score (nSPS) is 18.4. The van der Waals surface area contributed by atoms with E-state index >= 15 is 0 Å². The minimum absolute atomic E-state index is 0.0321. The van der Waals surface area contributed by atoms with E-state index in [1.807, 2.05) is 26.0 Å². The van der Waals surface area contributed by atoms with Gasteiger partial charge in [0, 0.05) is 29.6 Å². The number of likely N-dealkylation sites (tertiary alicyclic amines) is 1. The maximum absolute atomic E-state index is 14.7. The minimum atomic E-state index is -3.75. The summed E-state index contributed by atoms with van der Waals surface area (Å²) in [7, 11) is -3.75.